The van der Waals surface area contributed by atoms with E-state index >= 15 is 0 Å². The molecule has 164 valence electrons. The van der Waals surface area contributed by atoms with Gasteiger partial charge >= 0.3 is 33.9 Å². The first kappa shape index (κ1) is 32.7. The van der Waals surface area contributed by atoms with Gasteiger partial charge in [-0.3, -0.25) is 0 Å². The number of nitrogens with two attached hydrogens (primary N) is 1. The third-order valence-electron chi connectivity index (χ3n) is 4.88. The van der Waals surface area contributed by atoms with Crippen molar-refractivity contribution in [2.24, 2.45) is 0 Å². The summed E-state index contributed by atoms with van der Waals surface area (Å²) in [4.78, 5) is 0. The van der Waals surface area contributed by atoms with Crippen LogP contribution in [0.4, 0.5) is 5.69 Å². The minimum absolute atomic E-state index is 0. The van der Waals surface area contributed by atoms with Gasteiger partial charge in [0.25, 0.3) is 0 Å². The average molecular weight is 453 g/mol. The van der Waals surface area contributed by atoms with Gasteiger partial charge in [0.15, 0.2) is 0 Å². The maximum Gasteiger partial charge on any atom is 0 e. The van der Waals surface area contributed by atoms with Crippen LogP contribution in [0.3, 0.4) is 0 Å². The molecule has 0 bridgehead atoms. The number of nitrogen functional groups attached to an aromatic ring is 1. The van der Waals surface area contributed by atoms with Gasteiger partial charge in [-0.1, -0.05) is 56.9 Å². The Hall–Kier alpha value is -1.96. The maximum absolute atomic E-state index is 7.50. The summed E-state index contributed by atoms with van der Waals surface area (Å²) in [5, 5.41) is 0. The van der Waals surface area contributed by atoms with Crippen molar-refractivity contribution in [3.63, 3.8) is 0 Å². The molecule has 0 aromatic heterocycles. The summed E-state index contributed by atoms with van der Waals surface area (Å²) < 4.78 is 28.1. The minimum atomic E-state index is 0. The molecule has 1 aromatic rings. The van der Waals surface area contributed by atoms with Crippen LogP contribution in [0.2, 0.25) is 0 Å². The standard InChI is InChI=1S/C21H31NO.3CO.Fe/c1-4-5-6-7-11-14-18-16(2)20(23-3)15-19(21(18)22)17-12-9-8-10-13-17;3*1-2;/h8-10,12,15,17H,4-7,11,13-14,22H2,1-3H3;;;;/t17-;;;;/m1..../s1. The van der Waals surface area contributed by atoms with E-state index < -0.39 is 0 Å². The molecule has 0 fully saturated rings. The van der Waals surface area contributed by atoms with Gasteiger partial charge in [0.05, 0.1) is 7.11 Å². The number of hydrogen-bond donors (Lipinski definition) is 1. The number of allylic oxidation sites excluding steroid dienone is 4. The van der Waals surface area contributed by atoms with Gasteiger partial charge < -0.3 is 10.5 Å². The van der Waals surface area contributed by atoms with Crippen molar-refractivity contribution in [2.75, 3.05) is 12.8 Å². The normalized spacial score (nSPS) is 13.0. The zero-order valence-electron chi connectivity index (χ0n) is 18.0. The van der Waals surface area contributed by atoms with Gasteiger partial charge in [-0.25, -0.2) is 0 Å². The van der Waals surface area contributed by atoms with Crippen LogP contribution in [-0.2, 0) is 37.4 Å². The van der Waals surface area contributed by atoms with E-state index in [9.17, 15) is 0 Å². The predicted octanol–water partition coefficient (Wildman–Crippen LogP) is 5.58. The minimum Gasteiger partial charge on any atom is 0 e. The number of rotatable bonds is 8. The van der Waals surface area contributed by atoms with Gasteiger partial charge in [-0.05, 0) is 48.9 Å². The Morgan fingerprint density at radius 2 is 1.63 bits per heavy atom. The van der Waals surface area contributed by atoms with Crippen molar-refractivity contribution in [1.82, 2.24) is 0 Å². The molecular weight excluding hydrogens is 422 g/mol. The van der Waals surface area contributed by atoms with Crippen molar-refractivity contribution < 1.29 is 35.8 Å². The molecule has 1 aromatic carbocycles. The van der Waals surface area contributed by atoms with E-state index in [0.29, 0.717) is 5.92 Å². The van der Waals surface area contributed by atoms with Crippen molar-refractivity contribution in [2.45, 2.75) is 64.7 Å². The first-order valence-electron chi connectivity index (χ1n) is 9.59. The Labute approximate surface area is 191 Å². The predicted molar refractivity (Wildman–Crippen MR) is 112 cm³/mol. The van der Waals surface area contributed by atoms with E-state index in [-0.39, 0.29) is 17.1 Å². The van der Waals surface area contributed by atoms with Gasteiger partial charge in [0, 0.05) is 28.7 Å². The molecule has 5 nitrogen and oxygen atoms in total. The number of hydrogen-bond acceptors (Lipinski definition) is 2. The molecule has 6 heteroatoms. The molecule has 0 unspecified atom stereocenters. The average Bonchev–Trinajstić information content (AvgIpc) is 2.80. The van der Waals surface area contributed by atoms with Crippen LogP contribution in [-0.4, -0.2) is 7.11 Å². The van der Waals surface area contributed by atoms with Gasteiger partial charge in [-0.2, -0.15) is 0 Å². The zero-order chi connectivity index (χ0) is 22.7. The third-order valence-corrected chi connectivity index (χ3v) is 4.88. The summed E-state index contributed by atoms with van der Waals surface area (Å²) in [7, 11) is 1.75. The SMILES string of the molecule is CCCCCCCc1c(C)c(OC)cc([C@@H]2C=CC=CC2)c1N.[C-]#[O+].[C-]#[O+].[C-]#[O+].[Fe]. The largest absolute Gasteiger partial charge is 0 e. The molecule has 0 saturated carbocycles. The Morgan fingerprint density at radius 3 is 2.13 bits per heavy atom. The molecule has 0 amide bonds. The molecule has 0 radical (unpaired) electrons. The second-order valence-corrected chi connectivity index (χ2v) is 6.50. The summed E-state index contributed by atoms with van der Waals surface area (Å²) in [6, 6.07) is 2.14. The molecule has 0 saturated heterocycles. The Kier molecular flexibility index (Phi) is 23.7. The van der Waals surface area contributed by atoms with Crippen LogP contribution in [0.25, 0.3) is 0 Å². The van der Waals surface area contributed by atoms with Crippen LogP contribution in [0.15, 0.2) is 30.4 Å². The molecule has 0 spiro atoms. The number of benzene rings is 1. The van der Waals surface area contributed by atoms with Crippen molar-refractivity contribution >= 4 is 5.69 Å². The molecule has 2 N–H and O–H groups in total. The molecule has 0 heterocycles. The van der Waals surface area contributed by atoms with Gasteiger partial charge in [0.1, 0.15) is 5.75 Å². The first-order chi connectivity index (χ1) is 14.2. The van der Waals surface area contributed by atoms with Crippen molar-refractivity contribution in [3.8, 4) is 5.75 Å². The van der Waals surface area contributed by atoms with Crippen molar-refractivity contribution in [3.05, 3.63) is 67.0 Å². The fourth-order valence-electron chi connectivity index (χ4n) is 3.41. The molecule has 0 aliphatic heterocycles. The van der Waals surface area contributed by atoms with E-state index in [0.717, 1.165) is 24.3 Å². The number of anilines is 1. The van der Waals surface area contributed by atoms with Crippen LogP contribution in [0.1, 0.15) is 68.1 Å². The van der Waals surface area contributed by atoms with Crippen LogP contribution in [0, 0.1) is 26.9 Å². The topological polar surface area (TPSA) is 94.9 Å². The van der Waals surface area contributed by atoms with E-state index in [1.54, 1.807) is 7.11 Å². The van der Waals surface area contributed by atoms with Crippen LogP contribution in [0.5, 0.6) is 5.75 Å². The fourth-order valence-corrected chi connectivity index (χ4v) is 3.41. The summed E-state index contributed by atoms with van der Waals surface area (Å²) in [6.45, 7) is 17.9. The molecular formula is C24H31FeNO4. The smallest absolute Gasteiger partial charge is 0 e. The second-order valence-electron chi connectivity index (χ2n) is 6.50. The third kappa shape index (κ3) is 10.7. The van der Waals surface area contributed by atoms with Gasteiger partial charge in [-0.15, -0.1) is 0 Å². The van der Waals surface area contributed by atoms with Crippen molar-refractivity contribution in [1.29, 1.82) is 0 Å². The summed E-state index contributed by atoms with van der Waals surface area (Å²) >= 11 is 0. The first-order valence-corrected chi connectivity index (χ1v) is 9.59. The Balaban J connectivity index is -0.000000955. The van der Waals surface area contributed by atoms with E-state index in [1.807, 2.05) is 0 Å². The summed E-state index contributed by atoms with van der Waals surface area (Å²) in [5.41, 5.74) is 11.3. The summed E-state index contributed by atoms with van der Waals surface area (Å²) in [5.74, 6) is 1.34. The Bertz CT molecular complexity index is 691. The molecule has 2 rings (SSSR count). The second kappa shape index (κ2) is 21.7. The number of methoxy groups -OCH3 is 1. The number of unbranched alkanes of at least 4 members (excludes halogenated alkanes) is 4. The van der Waals surface area contributed by atoms with E-state index in [1.165, 1.54) is 48.8 Å². The quantitative estimate of drug-likeness (QED) is 0.183. The van der Waals surface area contributed by atoms with Crippen LogP contribution >= 0.6 is 0 Å². The molecule has 1 aliphatic rings. The van der Waals surface area contributed by atoms with E-state index in [4.69, 9.17) is 24.4 Å². The molecule has 30 heavy (non-hydrogen) atoms. The number of ether oxygens (including phenoxy) is 1. The molecule has 1 atom stereocenters. The van der Waals surface area contributed by atoms with Gasteiger partial charge in [0.2, 0.25) is 0 Å². The molecule has 1 aliphatic carbocycles. The summed E-state index contributed by atoms with van der Waals surface area (Å²) in [6.07, 6.45) is 17.2. The Morgan fingerprint density at radius 1 is 1.03 bits per heavy atom. The monoisotopic (exact) mass is 453 g/mol. The zero-order valence-corrected chi connectivity index (χ0v) is 19.1. The van der Waals surface area contributed by atoms with Crippen LogP contribution < -0.4 is 10.5 Å². The van der Waals surface area contributed by atoms with E-state index in [2.05, 4.69) is 64.2 Å². The fraction of sp³-hybridized carbons (Fsp3) is 0.458. The maximum atomic E-state index is 7.50.